The Morgan fingerprint density at radius 1 is 1.28 bits per heavy atom. The first kappa shape index (κ1) is 16.7. The summed E-state index contributed by atoms with van der Waals surface area (Å²) in [5, 5.41) is 9.28. The molecule has 0 unspecified atom stereocenters. The molecule has 104 valence electrons. The third-order valence-electron chi connectivity index (χ3n) is 1.75. The van der Waals surface area contributed by atoms with Gasteiger partial charge >= 0.3 is 0 Å². The minimum absolute atomic E-state index is 0.444. The molecule has 5 nitrogen and oxygen atoms in total. The molecule has 18 heavy (non-hydrogen) atoms. The van der Waals surface area contributed by atoms with E-state index in [4.69, 9.17) is 15.2 Å². The van der Waals surface area contributed by atoms with Crippen molar-refractivity contribution in [3.63, 3.8) is 0 Å². The van der Waals surface area contributed by atoms with Crippen molar-refractivity contribution in [2.75, 3.05) is 18.9 Å². The van der Waals surface area contributed by atoms with Crippen LogP contribution in [0.5, 0.6) is 5.75 Å². The Morgan fingerprint density at radius 2 is 1.94 bits per heavy atom. The summed E-state index contributed by atoms with van der Waals surface area (Å²) in [7, 11) is 0. The van der Waals surface area contributed by atoms with Gasteiger partial charge in [-0.1, -0.05) is 13.8 Å². The number of aromatic nitrogens is 1. The lowest BCUT2D eigenvalue weighted by atomic mass is 10.4. The first-order valence-corrected chi connectivity index (χ1v) is 6.17. The summed E-state index contributed by atoms with van der Waals surface area (Å²) in [5.74, 6) is -0.443. The maximum absolute atomic E-state index is 9.28. The second-order valence-corrected chi connectivity index (χ2v) is 3.95. The molecule has 1 aromatic heterocycles. The third-order valence-corrected chi connectivity index (χ3v) is 1.75. The lowest BCUT2D eigenvalue weighted by Crippen LogP contribution is -2.24. The Labute approximate surface area is 109 Å². The molecule has 0 aromatic carbocycles. The molecule has 1 rings (SSSR count). The van der Waals surface area contributed by atoms with E-state index in [1.54, 1.807) is 32.3 Å². The summed E-state index contributed by atoms with van der Waals surface area (Å²) in [5.41, 5.74) is 6.12. The first-order valence-electron chi connectivity index (χ1n) is 6.17. The van der Waals surface area contributed by atoms with E-state index in [2.05, 4.69) is 4.98 Å². The monoisotopic (exact) mass is 256 g/mol. The molecule has 0 atom stereocenters. The van der Waals surface area contributed by atoms with Gasteiger partial charge in [0.05, 0.1) is 31.3 Å². The van der Waals surface area contributed by atoms with Crippen molar-refractivity contribution in [3.05, 3.63) is 18.5 Å². The fourth-order valence-corrected chi connectivity index (χ4v) is 1.09. The molecule has 3 N–H and O–H groups in total. The molecule has 0 fully saturated rings. The molecule has 1 heterocycles. The Hall–Kier alpha value is -1.33. The number of aliphatic hydroxyl groups is 1. The highest BCUT2D eigenvalue weighted by Crippen LogP contribution is 2.12. The Balaban J connectivity index is 0.00000137. The number of rotatable bonds is 6. The van der Waals surface area contributed by atoms with Crippen LogP contribution in [0.15, 0.2) is 18.5 Å². The van der Waals surface area contributed by atoms with Crippen molar-refractivity contribution < 1.29 is 14.6 Å². The highest BCUT2D eigenvalue weighted by Gasteiger charge is 2.11. The van der Waals surface area contributed by atoms with Crippen LogP contribution in [-0.2, 0) is 4.74 Å². The molecule has 1 aromatic rings. The average Bonchev–Trinajstić information content (AvgIpc) is 2.30. The number of pyridine rings is 1. The van der Waals surface area contributed by atoms with Gasteiger partial charge in [0.2, 0.25) is 0 Å². The Bertz CT molecular complexity index is 324. The van der Waals surface area contributed by atoms with Crippen LogP contribution in [0.25, 0.3) is 0 Å². The quantitative estimate of drug-likeness (QED) is 0.602. The summed E-state index contributed by atoms with van der Waals surface area (Å²) < 4.78 is 10.5. The maximum atomic E-state index is 9.28. The summed E-state index contributed by atoms with van der Waals surface area (Å²) in [6.45, 7) is 8.13. The van der Waals surface area contributed by atoms with E-state index in [1.165, 1.54) is 0 Å². The van der Waals surface area contributed by atoms with Gasteiger partial charge in [0.15, 0.2) is 5.79 Å². The molecule has 0 aliphatic heterocycles. The summed E-state index contributed by atoms with van der Waals surface area (Å²) in [6, 6.07) is 1.71. The topological polar surface area (TPSA) is 77.6 Å². The molecular weight excluding hydrogens is 232 g/mol. The smallest absolute Gasteiger partial charge is 0.159 e. The molecular formula is C13H24N2O3. The van der Waals surface area contributed by atoms with Crippen molar-refractivity contribution in [3.8, 4) is 5.75 Å². The standard InChI is InChI=1S/C11H18N2O3.C2H6/c1-11(2,14)16-5-3-4-15-10-6-9(12)7-13-8-10;1-2/h6-8,14H,3-5,12H2,1-2H3;1-2H3. The van der Waals surface area contributed by atoms with Crippen molar-refractivity contribution in [1.82, 2.24) is 4.98 Å². The van der Waals surface area contributed by atoms with Crippen LogP contribution in [-0.4, -0.2) is 29.1 Å². The van der Waals surface area contributed by atoms with Gasteiger partial charge in [-0.15, -0.1) is 0 Å². The molecule has 0 aliphatic carbocycles. The van der Waals surface area contributed by atoms with E-state index in [1.807, 2.05) is 13.8 Å². The van der Waals surface area contributed by atoms with E-state index >= 15 is 0 Å². The molecule has 0 amide bonds. The minimum Gasteiger partial charge on any atom is -0.492 e. The molecule has 0 radical (unpaired) electrons. The largest absolute Gasteiger partial charge is 0.492 e. The van der Waals surface area contributed by atoms with E-state index in [0.29, 0.717) is 31.1 Å². The van der Waals surface area contributed by atoms with E-state index in [-0.39, 0.29) is 0 Å². The van der Waals surface area contributed by atoms with E-state index < -0.39 is 5.79 Å². The van der Waals surface area contributed by atoms with Crippen molar-refractivity contribution in [1.29, 1.82) is 0 Å². The molecule has 0 saturated heterocycles. The first-order chi connectivity index (χ1) is 8.47. The van der Waals surface area contributed by atoms with Crippen LogP contribution >= 0.6 is 0 Å². The maximum Gasteiger partial charge on any atom is 0.159 e. The Morgan fingerprint density at radius 3 is 2.50 bits per heavy atom. The summed E-state index contributed by atoms with van der Waals surface area (Å²) in [4.78, 5) is 3.90. The van der Waals surface area contributed by atoms with E-state index in [0.717, 1.165) is 0 Å². The number of nitrogen functional groups attached to an aromatic ring is 1. The zero-order chi connectivity index (χ0) is 14.0. The van der Waals surface area contributed by atoms with Crippen molar-refractivity contribution >= 4 is 5.69 Å². The normalized spacial score (nSPS) is 10.5. The van der Waals surface area contributed by atoms with Crippen LogP contribution < -0.4 is 10.5 Å². The summed E-state index contributed by atoms with van der Waals surface area (Å²) in [6.07, 6.45) is 3.86. The second kappa shape index (κ2) is 8.72. The van der Waals surface area contributed by atoms with Gasteiger partial charge in [-0.05, 0) is 13.8 Å². The molecule has 0 aliphatic rings. The predicted octanol–water partition coefficient (Wildman–Crippen LogP) is 2.20. The summed E-state index contributed by atoms with van der Waals surface area (Å²) >= 11 is 0. The van der Waals surface area contributed by atoms with Crippen molar-refractivity contribution in [2.24, 2.45) is 0 Å². The van der Waals surface area contributed by atoms with Gasteiger partial charge in [0.25, 0.3) is 0 Å². The number of hydrogen-bond donors (Lipinski definition) is 2. The molecule has 0 spiro atoms. The highest BCUT2D eigenvalue weighted by molar-refractivity contribution is 5.39. The van der Waals surface area contributed by atoms with Gasteiger partial charge in [-0.2, -0.15) is 0 Å². The zero-order valence-electron chi connectivity index (χ0n) is 11.6. The minimum atomic E-state index is -1.08. The number of nitrogens with zero attached hydrogens (tertiary/aromatic N) is 1. The van der Waals surface area contributed by atoms with Crippen LogP contribution in [0.1, 0.15) is 34.1 Å². The van der Waals surface area contributed by atoms with Crippen LogP contribution in [0.4, 0.5) is 5.69 Å². The zero-order valence-corrected chi connectivity index (χ0v) is 11.6. The van der Waals surface area contributed by atoms with Crippen LogP contribution in [0, 0.1) is 0 Å². The third kappa shape index (κ3) is 8.78. The average molecular weight is 256 g/mol. The fraction of sp³-hybridized carbons (Fsp3) is 0.615. The molecule has 5 heteroatoms. The Kier molecular flexibility index (Phi) is 8.07. The van der Waals surface area contributed by atoms with Crippen LogP contribution in [0.2, 0.25) is 0 Å². The van der Waals surface area contributed by atoms with E-state index in [9.17, 15) is 5.11 Å². The second-order valence-electron chi connectivity index (χ2n) is 3.95. The van der Waals surface area contributed by atoms with Gasteiger partial charge < -0.3 is 20.3 Å². The van der Waals surface area contributed by atoms with Gasteiger partial charge in [-0.25, -0.2) is 0 Å². The highest BCUT2D eigenvalue weighted by atomic mass is 16.6. The number of anilines is 1. The number of hydrogen-bond acceptors (Lipinski definition) is 5. The molecule has 0 bridgehead atoms. The predicted molar refractivity (Wildman–Crippen MR) is 72.4 cm³/mol. The number of nitrogens with two attached hydrogens (primary N) is 1. The lowest BCUT2D eigenvalue weighted by molar-refractivity contribution is -0.176. The number of ether oxygens (including phenoxy) is 2. The van der Waals surface area contributed by atoms with Crippen molar-refractivity contribution in [2.45, 2.75) is 39.9 Å². The van der Waals surface area contributed by atoms with Gasteiger partial charge in [-0.3, -0.25) is 4.98 Å². The SMILES string of the molecule is CC.CC(C)(O)OCCCOc1cncc(N)c1. The van der Waals surface area contributed by atoms with Gasteiger partial charge in [0.1, 0.15) is 5.75 Å². The molecule has 0 saturated carbocycles. The lowest BCUT2D eigenvalue weighted by Gasteiger charge is -2.17. The van der Waals surface area contributed by atoms with Crippen LogP contribution in [0.3, 0.4) is 0 Å². The van der Waals surface area contributed by atoms with Gasteiger partial charge in [0, 0.05) is 12.5 Å². The fourth-order valence-electron chi connectivity index (χ4n) is 1.09.